The molecular formula is C12H11BrN2O2. The molecule has 0 radical (unpaired) electrons. The van der Waals surface area contributed by atoms with Gasteiger partial charge in [-0.15, -0.1) is 0 Å². The van der Waals surface area contributed by atoms with Crippen molar-refractivity contribution >= 4 is 38.5 Å². The van der Waals surface area contributed by atoms with Gasteiger partial charge in [-0.25, -0.2) is 4.98 Å². The van der Waals surface area contributed by atoms with Gasteiger partial charge in [-0.1, -0.05) is 28.1 Å². The summed E-state index contributed by atoms with van der Waals surface area (Å²) in [5.41, 5.74) is 0. The van der Waals surface area contributed by atoms with Gasteiger partial charge in [0.25, 0.3) is 0 Å². The second kappa shape index (κ2) is 4.71. The molecule has 0 aliphatic rings. The number of aliphatic carboxylic acids is 1. The minimum absolute atomic E-state index is 0.582. The molecule has 2 aromatic rings. The number of hydrogen-bond donors (Lipinski definition) is 2. The summed E-state index contributed by atoms with van der Waals surface area (Å²) >= 11 is 3.45. The van der Waals surface area contributed by atoms with Crippen molar-refractivity contribution in [2.24, 2.45) is 0 Å². The van der Waals surface area contributed by atoms with Crippen LogP contribution in [0.15, 0.2) is 34.9 Å². The summed E-state index contributed by atoms with van der Waals surface area (Å²) in [6.07, 6.45) is 1.66. The Morgan fingerprint density at radius 2 is 2.18 bits per heavy atom. The predicted molar refractivity (Wildman–Crippen MR) is 70.2 cm³/mol. The summed E-state index contributed by atoms with van der Waals surface area (Å²) < 4.78 is 0.962. The first kappa shape index (κ1) is 11.9. The zero-order valence-corrected chi connectivity index (χ0v) is 10.7. The third-order valence-electron chi connectivity index (χ3n) is 2.48. The average Bonchev–Trinajstić information content (AvgIpc) is 2.30. The lowest BCUT2D eigenvalue weighted by Crippen LogP contribution is -2.25. The molecule has 1 atom stereocenters. The van der Waals surface area contributed by atoms with Crippen molar-refractivity contribution in [2.75, 3.05) is 5.32 Å². The van der Waals surface area contributed by atoms with E-state index < -0.39 is 12.0 Å². The fraction of sp³-hybridized carbons (Fsp3) is 0.167. The smallest absolute Gasteiger partial charge is 0.325 e. The number of pyridine rings is 1. The summed E-state index contributed by atoms with van der Waals surface area (Å²) in [5.74, 6) is -0.322. The minimum Gasteiger partial charge on any atom is -0.480 e. The van der Waals surface area contributed by atoms with Gasteiger partial charge in [0, 0.05) is 21.4 Å². The van der Waals surface area contributed by atoms with Crippen molar-refractivity contribution in [3.63, 3.8) is 0 Å². The molecule has 0 spiro atoms. The van der Waals surface area contributed by atoms with E-state index >= 15 is 0 Å². The molecule has 2 rings (SSSR count). The second-order valence-corrected chi connectivity index (χ2v) is 4.55. The van der Waals surface area contributed by atoms with Crippen LogP contribution in [-0.2, 0) is 4.79 Å². The molecule has 88 valence electrons. The van der Waals surface area contributed by atoms with Crippen LogP contribution in [0.3, 0.4) is 0 Å². The molecule has 1 heterocycles. The van der Waals surface area contributed by atoms with Gasteiger partial charge < -0.3 is 10.4 Å². The van der Waals surface area contributed by atoms with E-state index in [4.69, 9.17) is 5.11 Å². The van der Waals surface area contributed by atoms with Crippen LogP contribution in [0.25, 0.3) is 10.8 Å². The standard InChI is InChI=1S/C12H11BrN2O2/c1-7(12(16)17)15-11-9-3-2-4-10(13)8(9)5-6-14-11/h2-7H,1H3,(H,14,15)(H,16,17). The lowest BCUT2D eigenvalue weighted by atomic mass is 10.1. The number of anilines is 1. The number of rotatable bonds is 3. The van der Waals surface area contributed by atoms with E-state index in [-0.39, 0.29) is 0 Å². The molecule has 0 aliphatic heterocycles. The van der Waals surface area contributed by atoms with Crippen molar-refractivity contribution < 1.29 is 9.90 Å². The molecule has 0 amide bonds. The van der Waals surface area contributed by atoms with Crippen molar-refractivity contribution in [3.8, 4) is 0 Å². The Balaban J connectivity index is 2.48. The number of aromatic nitrogens is 1. The second-order valence-electron chi connectivity index (χ2n) is 3.70. The topological polar surface area (TPSA) is 62.2 Å². The molecule has 4 nitrogen and oxygen atoms in total. The Labute approximate surface area is 107 Å². The van der Waals surface area contributed by atoms with Crippen LogP contribution in [0.1, 0.15) is 6.92 Å². The van der Waals surface area contributed by atoms with E-state index in [1.807, 2.05) is 24.3 Å². The van der Waals surface area contributed by atoms with E-state index in [1.54, 1.807) is 13.1 Å². The third-order valence-corrected chi connectivity index (χ3v) is 3.17. The first-order chi connectivity index (χ1) is 8.09. The quantitative estimate of drug-likeness (QED) is 0.914. The van der Waals surface area contributed by atoms with Crippen molar-refractivity contribution in [1.82, 2.24) is 4.98 Å². The number of carboxylic acids is 1. The molecule has 5 heteroatoms. The molecule has 1 aromatic carbocycles. The maximum atomic E-state index is 10.8. The largest absolute Gasteiger partial charge is 0.480 e. The molecule has 0 bridgehead atoms. The molecule has 1 aromatic heterocycles. The number of benzene rings is 1. The zero-order chi connectivity index (χ0) is 12.4. The molecule has 0 fully saturated rings. The number of nitrogens with zero attached hydrogens (tertiary/aromatic N) is 1. The molecule has 17 heavy (non-hydrogen) atoms. The van der Waals surface area contributed by atoms with Gasteiger partial charge >= 0.3 is 5.97 Å². The van der Waals surface area contributed by atoms with Crippen LogP contribution in [0.2, 0.25) is 0 Å². The van der Waals surface area contributed by atoms with Crippen LogP contribution < -0.4 is 5.32 Å². The summed E-state index contributed by atoms with van der Waals surface area (Å²) in [6.45, 7) is 1.58. The van der Waals surface area contributed by atoms with Crippen molar-refractivity contribution in [3.05, 3.63) is 34.9 Å². The number of carboxylic acid groups (broad SMARTS) is 1. The Hall–Kier alpha value is -1.62. The predicted octanol–water partition coefficient (Wildman–Crippen LogP) is 2.88. The van der Waals surface area contributed by atoms with Crippen molar-refractivity contribution in [1.29, 1.82) is 0 Å². The van der Waals surface area contributed by atoms with E-state index in [1.165, 1.54) is 0 Å². The molecule has 2 N–H and O–H groups in total. The lowest BCUT2D eigenvalue weighted by molar-refractivity contribution is -0.137. The van der Waals surface area contributed by atoms with Gasteiger partial charge in [0.15, 0.2) is 0 Å². The zero-order valence-electron chi connectivity index (χ0n) is 9.14. The van der Waals surface area contributed by atoms with Gasteiger partial charge in [-0.05, 0) is 19.1 Å². The van der Waals surface area contributed by atoms with E-state index in [0.29, 0.717) is 5.82 Å². The van der Waals surface area contributed by atoms with Gasteiger partial charge in [0.05, 0.1) is 0 Å². The number of nitrogens with one attached hydrogen (secondary N) is 1. The molecule has 0 aliphatic carbocycles. The maximum Gasteiger partial charge on any atom is 0.325 e. The molecule has 1 unspecified atom stereocenters. The Bertz CT molecular complexity index is 571. The van der Waals surface area contributed by atoms with Crippen LogP contribution >= 0.6 is 15.9 Å². The Morgan fingerprint density at radius 3 is 2.88 bits per heavy atom. The van der Waals surface area contributed by atoms with E-state index in [9.17, 15) is 4.79 Å². The maximum absolute atomic E-state index is 10.8. The lowest BCUT2D eigenvalue weighted by Gasteiger charge is -2.12. The fourth-order valence-electron chi connectivity index (χ4n) is 1.55. The third kappa shape index (κ3) is 2.39. The van der Waals surface area contributed by atoms with Crippen LogP contribution in [0.4, 0.5) is 5.82 Å². The normalized spacial score (nSPS) is 12.4. The number of carbonyl (C=O) groups is 1. The number of hydrogen-bond acceptors (Lipinski definition) is 3. The molecule has 0 saturated heterocycles. The molecular weight excluding hydrogens is 284 g/mol. The first-order valence-electron chi connectivity index (χ1n) is 5.12. The first-order valence-corrected chi connectivity index (χ1v) is 5.91. The van der Waals surface area contributed by atoms with Gasteiger partial charge in [-0.2, -0.15) is 0 Å². The number of fused-ring (bicyclic) bond motifs is 1. The molecule has 0 saturated carbocycles. The highest BCUT2D eigenvalue weighted by Gasteiger charge is 2.12. The Morgan fingerprint density at radius 1 is 1.41 bits per heavy atom. The summed E-state index contributed by atoms with van der Waals surface area (Å²) in [5, 5.41) is 13.7. The Kier molecular flexibility index (Phi) is 3.28. The van der Waals surface area contributed by atoms with Crippen LogP contribution in [-0.4, -0.2) is 22.1 Å². The highest BCUT2D eigenvalue weighted by atomic mass is 79.9. The van der Waals surface area contributed by atoms with Gasteiger partial charge in [0.1, 0.15) is 11.9 Å². The highest BCUT2D eigenvalue weighted by molar-refractivity contribution is 9.10. The SMILES string of the molecule is CC(Nc1nccc2c(Br)cccc12)C(=O)O. The average molecular weight is 295 g/mol. The van der Waals surface area contributed by atoms with Gasteiger partial charge in [0.2, 0.25) is 0 Å². The highest BCUT2D eigenvalue weighted by Crippen LogP contribution is 2.27. The summed E-state index contributed by atoms with van der Waals surface area (Å²) in [6, 6.07) is 6.95. The summed E-state index contributed by atoms with van der Waals surface area (Å²) in [7, 11) is 0. The fourth-order valence-corrected chi connectivity index (χ4v) is 2.05. The van der Waals surface area contributed by atoms with E-state index in [0.717, 1.165) is 15.2 Å². The van der Waals surface area contributed by atoms with E-state index in [2.05, 4.69) is 26.2 Å². The number of halogens is 1. The van der Waals surface area contributed by atoms with Crippen LogP contribution in [0.5, 0.6) is 0 Å². The van der Waals surface area contributed by atoms with Crippen LogP contribution in [0, 0.1) is 0 Å². The minimum atomic E-state index is -0.904. The monoisotopic (exact) mass is 294 g/mol. The van der Waals surface area contributed by atoms with Gasteiger partial charge in [-0.3, -0.25) is 4.79 Å². The summed E-state index contributed by atoms with van der Waals surface area (Å²) in [4.78, 5) is 15.0. The van der Waals surface area contributed by atoms with Crippen molar-refractivity contribution in [2.45, 2.75) is 13.0 Å².